The van der Waals surface area contributed by atoms with Gasteiger partial charge in [-0.05, 0) is 63.2 Å². The van der Waals surface area contributed by atoms with Crippen LogP contribution in [0.1, 0.15) is 31.1 Å². The number of carbonyl (C=O) groups excluding carboxylic acids is 1. The summed E-state index contributed by atoms with van der Waals surface area (Å²) in [6.07, 6.45) is 0.127. The van der Waals surface area contributed by atoms with E-state index in [4.69, 9.17) is 9.47 Å². The van der Waals surface area contributed by atoms with Crippen LogP contribution in [0.2, 0.25) is 0 Å². The summed E-state index contributed by atoms with van der Waals surface area (Å²) in [6, 6.07) is 14.4. The molecule has 0 unspecified atom stereocenters. The molecule has 2 rings (SSSR count). The van der Waals surface area contributed by atoms with Crippen molar-refractivity contribution < 1.29 is 14.3 Å². The van der Waals surface area contributed by atoms with Crippen LogP contribution >= 0.6 is 0 Å². The molecule has 22 heavy (non-hydrogen) atoms. The van der Waals surface area contributed by atoms with Crippen LogP contribution in [0.25, 0.3) is 0 Å². The highest BCUT2D eigenvalue weighted by atomic mass is 16.5. The maximum atomic E-state index is 12.2. The first-order valence-electron chi connectivity index (χ1n) is 7.39. The van der Waals surface area contributed by atoms with Gasteiger partial charge in [-0.1, -0.05) is 6.07 Å². The van der Waals surface area contributed by atoms with E-state index in [2.05, 4.69) is 5.32 Å². The van der Waals surface area contributed by atoms with E-state index in [1.165, 1.54) is 0 Å². The fourth-order valence-corrected chi connectivity index (χ4v) is 1.99. The van der Waals surface area contributed by atoms with E-state index in [1.807, 2.05) is 51.1 Å². The predicted molar refractivity (Wildman–Crippen MR) is 87.8 cm³/mol. The highest BCUT2D eigenvalue weighted by Crippen LogP contribution is 2.19. The van der Waals surface area contributed by atoms with Gasteiger partial charge in [0.1, 0.15) is 11.5 Å². The first kappa shape index (κ1) is 15.9. The fraction of sp³-hybridized carbons (Fsp3) is 0.278. The number of hydrogen-bond acceptors (Lipinski definition) is 3. The molecule has 0 bridgehead atoms. The molecule has 0 aliphatic rings. The third-order valence-electron chi connectivity index (χ3n) is 2.89. The fourth-order valence-electron chi connectivity index (χ4n) is 1.99. The number of rotatable bonds is 6. The highest BCUT2D eigenvalue weighted by Gasteiger charge is 2.07. The molecule has 4 heteroatoms. The molecule has 0 heterocycles. The lowest BCUT2D eigenvalue weighted by Crippen LogP contribution is -2.12. The molecule has 0 spiro atoms. The Kier molecular flexibility index (Phi) is 5.42. The van der Waals surface area contributed by atoms with E-state index in [0.717, 1.165) is 11.4 Å². The minimum Gasteiger partial charge on any atom is -0.494 e. The highest BCUT2D eigenvalue weighted by molar-refractivity contribution is 6.04. The monoisotopic (exact) mass is 299 g/mol. The number of hydrogen-bond donors (Lipinski definition) is 1. The molecule has 0 aromatic heterocycles. The molecule has 116 valence electrons. The molecule has 0 saturated carbocycles. The van der Waals surface area contributed by atoms with Gasteiger partial charge in [-0.25, -0.2) is 0 Å². The molecule has 0 saturated heterocycles. The molecule has 1 N–H and O–H groups in total. The first-order valence-corrected chi connectivity index (χ1v) is 7.39. The zero-order chi connectivity index (χ0) is 15.9. The molecule has 0 atom stereocenters. The Morgan fingerprint density at radius 1 is 1.09 bits per heavy atom. The molecule has 0 radical (unpaired) electrons. The van der Waals surface area contributed by atoms with Gasteiger partial charge in [-0.15, -0.1) is 0 Å². The second-order valence-electron chi connectivity index (χ2n) is 5.11. The van der Waals surface area contributed by atoms with Crippen LogP contribution in [-0.4, -0.2) is 18.6 Å². The Bertz CT molecular complexity index is 620. The van der Waals surface area contributed by atoms with Crippen molar-refractivity contribution in [1.82, 2.24) is 0 Å². The van der Waals surface area contributed by atoms with Crippen LogP contribution in [0.4, 0.5) is 5.69 Å². The minimum absolute atomic E-state index is 0.127. The molecule has 0 aliphatic carbocycles. The molecular formula is C18H21NO3. The Balaban J connectivity index is 2.03. The maximum absolute atomic E-state index is 12.2. The van der Waals surface area contributed by atoms with Gasteiger partial charge in [-0.3, -0.25) is 4.79 Å². The van der Waals surface area contributed by atoms with E-state index in [1.54, 1.807) is 18.2 Å². The van der Waals surface area contributed by atoms with E-state index in [-0.39, 0.29) is 12.0 Å². The molecule has 0 fully saturated rings. The van der Waals surface area contributed by atoms with Crippen molar-refractivity contribution in [2.24, 2.45) is 0 Å². The van der Waals surface area contributed by atoms with Crippen molar-refractivity contribution in [1.29, 1.82) is 0 Å². The average molecular weight is 299 g/mol. The van der Waals surface area contributed by atoms with Crippen molar-refractivity contribution in [2.45, 2.75) is 26.9 Å². The van der Waals surface area contributed by atoms with Crippen LogP contribution < -0.4 is 14.8 Å². The van der Waals surface area contributed by atoms with E-state index >= 15 is 0 Å². The second-order valence-corrected chi connectivity index (χ2v) is 5.11. The summed E-state index contributed by atoms with van der Waals surface area (Å²) in [5.74, 6) is 1.31. The van der Waals surface area contributed by atoms with Crippen molar-refractivity contribution in [2.75, 3.05) is 11.9 Å². The van der Waals surface area contributed by atoms with Crippen LogP contribution in [0.15, 0.2) is 48.5 Å². The van der Waals surface area contributed by atoms with Gasteiger partial charge >= 0.3 is 0 Å². The number of amides is 1. The molecule has 2 aromatic carbocycles. The number of carbonyl (C=O) groups is 1. The lowest BCUT2D eigenvalue weighted by Gasteiger charge is -2.11. The maximum Gasteiger partial charge on any atom is 0.255 e. The van der Waals surface area contributed by atoms with E-state index < -0.39 is 0 Å². The molecule has 4 nitrogen and oxygen atoms in total. The Morgan fingerprint density at radius 2 is 1.82 bits per heavy atom. The Morgan fingerprint density at radius 3 is 2.45 bits per heavy atom. The summed E-state index contributed by atoms with van der Waals surface area (Å²) in [6.45, 7) is 6.43. The normalized spacial score (nSPS) is 10.4. The third kappa shape index (κ3) is 4.52. The van der Waals surface area contributed by atoms with E-state index in [9.17, 15) is 4.79 Å². The average Bonchev–Trinajstić information content (AvgIpc) is 2.49. The number of ether oxygens (including phenoxy) is 2. The van der Waals surface area contributed by atoms with Gasteiger partial charge < -0.3 is 14.8 Å². The summed E-state index contributed by atoms with van der Waals surface area (Å²) in [5, 5.41) is 2.86. The van der Waals surface area contributed by atoms with Gasteiger partial charge in [0.15, 0.2) is 0 Å². The number of anilines is 1. The quantitative estimate of drug-likeness (QED) is 0.872. The van der Waals surface area contributed by atoms with Crippen LogP contribution in [0, 0.1) is 0 Å². The van der Waals surface area contributed by atoms with Crippen molar-refractivity contribution >= 4 is 11.6 Å². The summed E-state index contributed by atoms with van der Waals surface area (Å²) in [4.78, 5) is 12.2. The zero-order valence-corrected chi connectivity index (χ0v) is 13.1. The van der Waals surface area contributed by atoms with Crippen LogP contribution in [0.3, 0.4) is 0 Å². The lowest BCUT2D eigenvalue weighted by molar-refractivity contribution is 0.102. The Labute approximate surface area is 131 Å². The minimum atomic E-state index is -0.168. The predicted octanol–water partition coefficient (Wildman–Crippen LogP) is 4.12. The number of nitrogens with one attached hydrogen (secondary N) is 1. The molecule has 0 aliphatic heterocycles. The standard InChI is InChI=1S/C18H21NO3/c1-4-21-17-7-5-6-14(12-17)18(20)19-15-8-10-16(11-9-15)22-13(2)3/h5-13H,4H2,1-3H3,(H,19,20). The van der Waals surface area contributed by atoms with Gasteiger partial charge in [0.25, 0.3) is 5.91 Å². The van der Waals surface area contributed by atoms with Gasteiger partial charge in [0, 0.05) is 11.3 Å². The van der Waals surface area contributed by atoms with Crippen molar-refractivity contribution in [3.8, 4) is 11.5 Å². The lowest BCUT2D eigenvalue weighted by atomic mass is 10.2. The van der Waals surface area contributed by atoms with Crippen molar-refractivity contribution in [3.63, 3.8) is 0 Å². The van der Waals surface area contributed by atoms with Gasteiger partial charge in [0.2, 0.25) is 0 Å². The topological polar surface area (TPSA) is 47.6 Å². The molecule has 2 aromatic rings. The summed E-state index contributed by atoms with van der Waals surface area (Å²) < 4.78 is 11.0. The summed E-state index contributed by atoms with van der Waals surface area (Å²) in [7, 11) is 0. The summed E-state index contributed by atoms with van der Waals surface area (Å²) in [5.41, 5.74) is 1.29. The first-order chi connectivity index (χ1) is 10.6. The van der Waals surface area contributed by atoms with Crippen LogP contribution in [0.5, 0.6) is 11.5 Å². The largest absolute Gasteiger partial charge is 0.494 e. The second kappa shape index (κ2) is 7.50. The Hall–Kier alpha value is -2.49. The molecule has 1 amide bonds. The van der Waals surface area contributed by atoms with E-state index in [0.29, 0.717) is 17.9 Å². The van der Waals surface area contributed by atoms with Gasteiger partial charge in [0.05, 0.1) is 12.7 Å². The smallest absolute Gasteiger partial charge is 0.255 e. The third-order valence-corrected chi connectivity index (χ3v) is 2.89. The summed E-state index contributed by atoms with van der Waals surface area (Å²) >= 11 is 0. The van der Waals surface area contributed by atoms with Gasteiger partial charge in [-0.2, -0.15) is 0 Å². The zero-order valence-electron chi connectivity index (χ0n) is 13.1. The van der Waals surface area contributed by atoms with Crippen LogP contribution in [-0.2, 0) is 0 Å². The molecular weight excluding hydrogens is 278 g/mol. The SMILES string of the molecule is CCOc1cccc(C(=O)Nc2ccc(OC(C)C)cc2)c1. The number of benzene rings is 2. The van der Waals surface area contributed by atoms with Crippen molar-refractivity contribution in [3.05, 3.63) is 54.1 Å².